The molecule has 2 aromatic rings. The quantitative estimate of drug-likeness (QED) is 0.939. The number of rotatable bonds is 3. The van der Waals surface area contributed by atoms with Gasteiger partial charge in [0.25, 0.3) is 0 Å². The summed E-state index contributed by atoms with van der Waals surface area (Å²) in [6.07, 6.45) is 0. The molecule has 0 atom stereocenters. The Hall–Kier alpha value is -1.69. The van der Waals surface area contributed by atoms with Crippen molar-refractivity contribution in [2.24, 2.45) is 5.73 Å². The van der Waals surface area contributed by atoms with Crippen molar-refractivity contribution in [1.82, 2.24) is 9.97 Å². The first-order valence-electron chi connectivity index (χ1n) is 7.24. The van der Waals surface area contributed by atoms with Gasteiger partial charge in [-0.2, -0.15) is 0 Å². The maximum absolute atomic E-state index is 5.79. The summed E-state index contributed by atoms with van der Waals surface area (Å²) < 4.78 is 5.38. The van der Waals surface area contributed by atoms with Gasteiger partial charge in [-0.25, -0.2) is 9.97 Å². The van der Waals surface area contributed by atoms with E-state index < -0.39 is 0 Å². The second-order valence-corrected chi connectivity index (χ2v) is 5.21. The molecule has 118 valence electrons. The molecule has 1 saturated heterocycles. The van der Waals surface area contributed by atoms with E-state index >= 15 is 0 Å². The lowest BCUT2D eigenvalue weighted by Gasteiger charge is -2.27. The Balaban J connectivity index is 0.00000176. The van der Waals surface area contributed by atoms with Gasteiger partial charge in [0.2, 0.25) is 5.95 Å². The number of hydrogen-bond donors (Lipinski definition) is 1. The lowest BCUT2D eigenvalue weighted by atomic mass is 10.1. The number of aryl methyl sites for hydroxylation is 1. The number of nitrogens with zero attached hydrogens (tertiary/aromatic N) is 3. The van der Waals surface area contributed by atoms with Crippen LogP contribution in [0.2, 0.25) is 0 Å². The molecule has 0 amide bonds. The molecule has 2 heterocycles. The summed E-state index contributed by atoms with van der Waals surface area (Å²) in [5.74, 6) is 0.747. The number of morpholine rings is 1. The Morgan fingerprint density at radius 2 is 1.82 bits per heavy atom. The summed E-state index contributed by atoms with van der Waals surface area (Å²) in [4.78, 5) is 11.4. The van der Waals surface area contributed by atoms with Crippen LogP contribution >= 0.6 is 12.4 Å². The smallest absolute Gasteiger partial charge is 0.226 e. The molecule has 1 aliphatic rings. The summed E-state index contributed by atoms with van der Waals surface area (Å²) in [6, 6.07) is 10.3. The predicted molar refractivity (Wildman–Crippen MR) is 90.4 cm³/mol. The summed E-state index contributed by atoms with van der Waals surface area (Å²) in [5, 5.41) is 0. The molecular weight excluding hydrogens is 300 g/mol. The minimum absolute atomic E-state index is 0. The molecule has 22 heavy (non-hydrogen) atoms. The van der Waals surface area contributed by atoms with Gasteiger partial charge in [0, 0.05) is 25.2 Å². The molecular formula is C16H21ClN4O. The van der Waals surface area contributed by atoms with Crippen LogP contribution in [0.1, 0.15) is 11.3 Å². The third-order valence-electron chi connectivity index (χ3n) is 3.62. The van der Waals surface area contributed by atoms with E-state index in [9.17, 15) is 0 Å². The van der Waals surface area contributed by atoms with E-state index in [2.05, 4.69) is 41.1 Å². The average Bonchev–Trinajstić information content (AvgIpc) is 2.56. The lowest BCUT2D eigenvalue weighted by Crippen LogP contribution is -2.37. The first-order valence-corrected chi connectivity index (χ1v) is 7.24. The average molecular weight is 321 g/mol. The van der Waals surface area contributed by atoms with Crippen LogP contribution < -0.4 is 10.6 Å². The zero-order chi connectivity index (χ0) is 14.7. The Bertz CT molecular complexity index is 612. The van der Waals surface area contributed by atoms with Gasteiger partial charge in [-0.15, -0.1) is 12.4 Å². The molecule has 0 bridgehead atoms. The number of ether oxygens (including phenoxy) is 1. The highest BCUT2D eigenvalue weighted by molar-refractivity contribution is 5.85. The molecule has 2 N–H and O–H groups in total. The van der Waals surface area contributed by atoms with Crippen LogP contribution in [0.5, 0.6) is 0 Å². The zero-order valence-corrected chi connectivity index (χ0v) is 13.5. The fourth-order valence-corrected chi connectivity index (χ4v) is 2.37. The van der Waals surface area contributed by atoms with Gasteiger partial charge in [-0.1, -0.05) is 29.8 Å². The molecule has 1 aromatic heterocycles. The van der Waals surface area contributed by atoms with Crippen LogP contribution in [-0.4, -0.2) is 36.3 Å². The number of anilines is 1. The molecule has 3 rings (SSSR count). The molecule has 0 radical (unpaired) electrons. The Morgan fingerprint density at radius 3 is 2.45 bits per heavy atom. The predicted octanol–water partition coefficient (Wildman–Crippen LogP) is 2.17. The molecule has 0 saturated carbocycles. The van der Waals surface area contributed by atoms with Gasteiger partial charge < -0.3 is 15.4 Å². The molecule has 0 spiro atoms. The maximum Gasteiger partial charge on any atom is 0.226 e. The van der Waals surface area contributed by atoms with Crippen molar-refractivity contribution in [1.29, 1.82) is 0 Å². The fraction of sp³-hybridized carbons (Fsp3) is 0.375. The molecule has 5 nitrogen and oxygen atoms in total. The van der Waals surface area contributed by atoms with E-state index in [-0.39, 0.29) is 12.4 Å². The number of hydrogen-bond acceptors (Lipinski definition) is 5. The van der Waals surface area contributed by atoms with Crippen molar-refractivity contribution in [3.63, 3.8) is 0 Å². The van der Waals surface area contributed by atoms with E-state index in [1.54, 1.807) is 0 Å². The maximum atomic E-state index is 5.79. The zero-order valence-electron chi connectivity index (χ0n) is 12.7. The van der Waals surface area contributed by atoms with Crippen molar-refractivity contribution in [2.45, 2.75) is 13.5 Å². The van der Waals surface area contributed by atoms with Crippen molar-refractivity contribution < 1.29 is 4.74 Å². The summed E-state index contributed by atoms with van der Waals surface area (Å²) in [5.41, 5.74) is 9.90. The van der Waals surface area contributed by atoms with Gasteiger partial charge in [0.05, 0.1) is 24.6 Å². The topological polar surface area (TPSA) is 64.3 Å². The van der Waals surface area contributed by atoms with Crippen LogP contribution in [0.3, 0.4) is 0 Å². The second-order valence-electron chi connectivity index (χ2n) is 5.21. The highest BCUT2D eigenvalue weighted by Gasteiger charge is 2.15. The molecule has 1 fully saturated rings. The normalized spacial score (nSPS) is 14.5. The van der Waals surface area contributed by atoms with Crippen LogP contribution in [0, 0.1) is 6.92 Å². The molecule has 1 aromatic carbocycles. The van der Waals surface area contributed by atoms with Crippen LogP contribution in [0.15, 0.2) is 30.3 Å². The molecule has 0 unspecified atom stereocenters. The van der Waals surface area contributed by atoms with Gasteiger partial charge in [-0.3, -0.25) is 0 Å². The highest BCUT2D eigenvalue weighted by Crippen LogP contribution is 2.21. The van der Waals surface area contributed by atoms with E-state index in [1.807, 2.05) is 6.07 Å². The van der Waals surface area contributed by atoms with Crippen LogP contribution in [0.25, 0.3) is 11.3 Å². The number of nitrogens with two attached hydrogens (primary N) is 1. The monoisotopic (exact) mass is 320 g/mol. The molecule has 0 aliphatic carbocycles. The van der Waals surface area contributed by atoms with Crippen molar-refractivity contribution in [2.75, 3.05) is 31.2 Å². The number of aromatic nitrogens is 2. The standard InChI is InChI=1S/C16H20N4O.ClH/c1-12-2-4-13(5-3-12)15-10-14(11-17)18-16(19-15)20-6-8-21-9-7-20;/h2-5,10H,6-9,11,17H2,1H3;1H. The number of benzene rings is 1. The summed E-state index contributed by atoms with van der Waals surface area (Å²) in [6.45, 7) is 5.57. The highest BCUT2D eigenvalue weighted by atomic mass is 35.5. The lowest BCUT2D eigenvalue weighted by molar-refractivity contribution is 0.122. The summed E-state index contributed by atoms with van der Waals surface area (Å²) >= 11 is 0. The van der Waals surface area contributed by atoms with Gasteiger partial charge >= 0.3 is 0 Å². The number of halogens is 1. The van der Waals surface area contributed by atoms with Gasteiger partial charge in [0.1, 0.15) is 0 Å². The van der Waals surface area contributed by atoms with E-state index in [4.69, 9.17) is 15.5 Å². The first-order chi connectivity index (χ1) is 10.3. The third kappa shape index (κ3) is 3.74. The Morgan fingerprint density at radius 1 is 1.14 bits per heavy atom. The van der Waals surface area contributed by atoms with E-state index in [0.29, 0.717) is 6.54 Å². The van der Waals surface area contributed by atoms with E-state index in [0.717, 1.165) is 49.2 Å². The van der Waals surface area contributed by atoms with Crippen molar-refractivity contribution in [3.8, 4) is 11.3 Å². The molecule has 6 heteroatoms. The SMILES string of the molecule is Cc1ccc(-c2cc(CN)nc(N3CCOCC3)n2)cc1.Cl. The van der Waals surface area contributed by atoms with Crippen LogP contribution in [0.4, 0.5) is 5.95 Å². The van der Waals surface area contributed by atoms with Crippen molar-refractivity contribution >= 4 is 18.4 Å². The largest absolute Gasteiger partial charge is 0.378 e. The Kier molecular flexibility index (Phi) is 5.71. The van der Waals surface area contributed by atoms with Gasteiger partial charge in [-0.05, 0) is 13.0 Å². The first kappa shape index (κ1) is 16.7. The van der Waals surface area contributed by atoms with Crippen molar-refractivity contribution in [3.05, 3.63) is 41.6 Å². The third-order valence-corrected chi connectivity index (χ3v) is 3.62. The summed E-state index contributed by atoms with van der Waals surface area (Å²) in [7, 11) is 0. The van der Waals surface area contributed by atoms with Gasteiger partial charge in [0.15, 0.2) is 0 Å². The second kappa shape index (κ2) is 7.54. The molecule has 1 aliphatic heterocycles. The minimum atomic E-state index is 0. The fourth-order valence-electron chi connectivity index (χ4n) is 2.37. The van der Waals surface area contributed by atoms with E-state index in [1.165, 1.54) is 5.56 Å². The van der Waals surface area contributed by atoms with Crippen LogP contribution in [-0.2, 0) is 11.3 Å². The Labute approximate surface area is 136 Å². The minimum Gasteiger partial charge on any atom is -0.378 e.